The highest BCUT2D eigenvalue weighted by atomic mass is 35.5. The first kappa shape index (κ1) is 36.8. The molecular weight excluding hydrogens is 611 g/mol. The number of carbonyl (C=O) groups is 3. The maximum Gasteiger partial charge on any atom is 0.424 e. The molecule has 3 amide bonds. The Balaban J connectivity index is 0.000000777. The number of aromatic nitrogens is 2. The SMILES string of the molecule is CC(C)(C)OC(N)=O.Cc1c(Oc2c(F)c(C(C)(C)C)cc(N(C(=O)O)C(=O)OC(C)(C)C)c2Cl)ccc2ncn(C)c(=O)c12. The maximum absolute atomic E-state index is 15.9. The Morgan fingerprint density at radius 3 is 2.02 bits per heavy atom. The fourth-order valence-electron chi connectivity index (χ4n) is 3.94. The third kappa shape index (κ3) is 9.30. The van der Waals surface area contributed by atoms with E-state index in [1.807, 2.05) is 0 Å². The van der Waals surface area contributed by atoms with Gasteiger partial charge in [0.2, 0.25) is 0 Å². The van der Waals surface area contributed by atoms with Crippen LogP contribution in [0, 0.1) is 12.7 Å². The first-order valence-corrected chi connectivity index (χ1v) is 14.1. The molecule has 0 bridgehead atoms. The number of nitrogens with two attached hydrogens (primary N) is 1. The van der Waals surface area contributed by atoms with Crippen molar-refractivity contribution in [3.8, 4) is 11.5 Å². The van der Waals surface area contributed by atoms with Crippen molar-refractivity contribution in [3.05, 3.63) is 56.8 Å². The van der Waals surface area contributed by atoms with Crippen LogP contribution in [0.25, 0.3) is 10.9 Å². The third-order valence-corrected chi connectivity index (χ3v) is 6.24. The van der Waals surface area contributed by atoms with Crippen molar-refractivity contribution in [2.75, 3.05) is 4.90 Å². The normalized spacial score (nSPS) is 11.8. The van der Waals surface area contributed by atoms with Gasteiger partial charge in [-0.05, 0) is 77.6 Å². The van der Waals surface area contributed by atoms with Crippen LogP contribution in [0.1, 0.15) is 73.4 Å². The highest BCUT2D eigenvalue weighted by molar-refractivity contribution is 6.36. The van der Waals surface area contributed by atoms with E-state index in [0.29, 0.717) is 16.0 Å². The van der Waals surface area contributed by atoms with E-state index in [0.717, 1.165) is 0 Å². The zero-order chi connectivity index (χ0) is 34.8. The van der Waals surface area contributed by atoms with Crippen LogP contribution in [0.4, 0.5) is 24.5 Å². The molecule has 2 aromatic carbocycles. The van der Waals surface area contributed by atoms with E-state index in [1.54, 1.807) is 82.4 Å². The Morgan fingerprint density at radius 1 is 1.02 bits per heavy atom. The number of halogens is 2. The van der Waals surface area contributed by atoms with E-state index >= 15 is 4.39 Å². The Kier molecular flexibility index (Phi) is 10.9. The standard InChI is InChI=1S/C26H29ClFN3O6.C5H11NO2/c1-13-17(10-9-15-18(13)22(32)30(8)12-29-15)36-21-19(27)16(11-14(20(21)28)25(2,3)4)31(23(33)34)24(35)37-26(5,6)7;1-5(2,3)8-4(6)7/h9-12H,1-8H3,(H,33,34);1-3H3,(H2,6,7). The number of benzene rings is 2. The summed E-state index contributed by atoms with van der Waals surface area (Å²) >= 11 is 6.51. The number of amides is 3. The van der Waals surface area contributed by atoms with Gasteiger partial charge in [0.1, 0.15) is 22.0 Å². The monoisotopic (exact) mass is 650 g/mol. The lowest BCUT2D eigenvalue weighted by atomic mass is 9.86. The van der Waals surface area contributed by atoms with Crippen molar-refractivity contribution >= 4 is 46.5 Å². The number of nitrogens with zero attached hydrogens (tertiary/aromatic N) is 3. The van der Waals surface area contributed by atoms with Crippen molar-refractivity contribution in [2.24, 2.45) is 12.8 Å². The minimum absolute atomic E-state index is 0.0488. The summed E-state index contributed by atoms with van der Waals surface area (Å²) in [4.78, 5) is 52.2. The highest BCUT2D eigenvalue weighted by Crippen LogP contribution is 2.45. The van der Waals surface area contributed by atoms with Crippen molar-refractivity contribution in [1.82, 2.24) is 9.55 Å². The number of hydrogen-bond acceptors (Lipinski definition) is 8. The molecule has 1 heterocycles. The average Bonchev–Trinajstić information content (AvgIpc) is 2.83. The predicted octanol–water partition coefficient (Wildman–Crippen LogP) is 7.42. The Bertz CT molecular complexity index is 1680. The molecule has 0 fully saturated rings. The molecule has 3 rings (SSSR count). The number of imide groups is 1. The summed E-state index contributed by atoms with van der Waals surface area (Å²) in [5, 5.41) is 9.68. The number of carboxylic acid groups (broad SMARTS) is 1. The second kappa shape index (κ2) is 13.3. The number of hydrogen-bond donors (Lipinski definition) is 2. The molecule has 0 atom stereocenters. The smallest absolute Gasteiger partial charge is 0.424 e. The summed E-state index contributed by atoms with van der Waals surface area (Å²) in [5.74, 6) is -1.23. The fourth-order valence-corrected chi connectivity index (χ4v) is 4.20. The quantitative estimate of drug-likeness (QED) is 0.293. The number of anilines is 1. The molecule has 0 aliphatic heterocycles. The Morgan fingerprint density at radius 2 is 1.58 bits per heavy atom. The molecule has 0 unspecified atom stereocenters. The average molecular weight is 651 g/mol. The summed E-state index contributed by atoms with van der Waals surface area (Å²) in [6.07, 6.45) is -2.23. The van der Waals surface area contributed by atoms with E-state index in [1.165, 1.54) is 23.0 Å². The second-order valence-electron chi connectivity index (χ2n) is 13.1. The van der Waals surface area contributed by atoms with Crippen LogP contribution in [0.5, 0.6) is 11.5 Å². The Hall–Kier alpha value is -4.39. The van der Waals surface area contributed by atoms with Gasteiger partial charge < -0.3 is 29.6 Å². The summed E-state index contributed by atoms with van der Waals surface area (Å²) in [5.41, 5.74) is 2.61. The molecule has 14 heteroatoms. The van der Waals surface area contributed by atoms with Gasteiger partial charge >= 0.3 is 18.3 Å². The molecule has 3 aromatic rings. The number of aryl methyl sites for hydroxylation is 2. The molecule has 0 aliphatic rings. The number of fused-ring (bicyclic) bond motifs is 1. The van der Waals surface area contributed by atoms with Crippen LogP contribution in [0.2, 0.25) is 5.02 Å². The largest absolute Gasteiger partial charge is 0.464 e. The zero-order valence-corrected chi connectivity index (χ0v) is 28.0. The molecule has 12 nitrogen and oxygen atoms in total. The molecule has 0 aliphatic carbocycles. The van der Waals surface area contributed by atoms with Gasteiger partial charge in [-0.15, -0.1) is 0 Å². The molecule has 0 spiro atoms. The number of carbonyl (C=O) groups excluding carboxylic acids is 2. The van der Waals surface area contributed by atoms with E-state index in [9.17, 15) is 24.3 Å². The van der Waals surface area contributed by atoms with Gasteiger partial charge in [-0.3, -0.25) is 4.79 Å². The minimum atomic E-state index is -1.68. The van der Waals surface area contributed by atoms with Crippen molar-refractivity contribution in [3.63, 3.8) is 0 Å². The lowest BCUT2D eigenvalue weighted by Crippen LogP contribution is -2.40. The highest BCUT2D eigenvalue weighted by Gasteiger charge is 2.35. The summed E-state index contributed by atoms with van der Waals surface area (Å²) in [7, 11) is 1.55. The van der Waals surface area contributed by atoms with Gasteiger partial charge in [-0.25, -0.2) is 23.8 Å². The topological polar surface area (TPSA) is 163 Å². The molecule has 0 saturated heterocycles. The van der Waals surface area contributed by atoms with Gasteiger partial charge in [0, 0.05) is 12.6 Å². The zero-order valence-electron chi connectivity index (χ0n) is 27.3. The predicted molar refractivity (Wildman–Crippen MR) is 169 cm³/mol. The van der Waals surface area contributed by atoms with E-state index in [2.05, 4.69) is 9.72 Å². The number of primary amides is 1. The maximum atomic E-state index is 15.9. The number of ether oxygens (including phenoxy) is 3. The van der Waals surface area contributed by atoms with E-state index < -0.39 is 51.5 Å². The van der Waals surface area contributed by atoms with Crippen molar-refractivity contribution in [1.29, 1.82) is 0 Å². The van der Waals surface area contributed by atoms with E-state index in [4.69, 9.17) is 26.8 Å². The van der Waals surface area contributed by atoms with Crippen LogP contribution in [0.3, 0.4) is 0 Å². The van der Waals surface area contributed by atoms with Gasteiger partial charge in [-0.1, -0.05) is 32.4 Å². The van der Waals surface area contributed by atoms with Gasteiger partial charge in [-0.2, -0.15) is 4.90 Å². The van der Waals surface area contributed by atoms with Crippen LogP contribution < -0.4 is 20.9 Å². The molecular formula is C31H40ClFN4O8. The molecule has 45 heavy (non-hydrogen) atoms. The number of rotatable bonds is 3. The molecule has 1 aromatic heterocycles. The molecule has 0 radical (unpaired) electrons. The van der Waals surface area contributed by atoms with Crippen LogP contribution in [-0.2, 0) is 21.9 Å². The van der Waals surface area contributed by atoms with Gasteiger partial charge in [0.15, 0.2) is 11.6 Å². The van der Waals surface area contributed by atoms with E-state index in [-0.39, 0.29) is 27.9 Å². The summed E-state index contributed by atoms with van der Waals surface area (Å²) < 4.78 is 32.9. The van der Waals surface area contributed by atoms with Crippen LogP contribution >= 0.6 is 11.6 Å². The molecule has 246 valence electrons. The molecule has 0 saturated carbocycles. The first-order chi connectivity index (χ1) is 20.4. The lowest BCUT2D eigenvalue weighted by molar-refractivity contribution is 0.0575. The van der Waals surface area contributed by atoms with Crippen LogP contribution in [0.15, 0.2) is 29.3 Å². The molecule has 3 N–H and O–H groups in total. The third-order valence-electron chi connectivity index (χ3n) is 5.87. The fraction of sp³-hybridized carbons (Fsp3) is 0.452. The van der Waals surface area contributed by atoms with Crippen LogP contribution in [-0.4, -0.2) is 44.1 Å². The van der Waals surface area contributed by atoms with Crippen molar-refractivity contribution < 1.29 is 38.1 Å². The summed E-state index contributed by atoms with van der Waals surface area (Å²) in [6.45, 7) is 16.8. The first-order valence-electron chi connectivity index (χ1n) is 13.8. The van der Waals surface area contributed by atoms with Gasteiger partial charge in [0.25, 0.3) is 5.56 Å². The Labute approximate surface area is 265 Å². The lowest BCUT2D eigenvalue weighted by Gasteiger charge is -2.28. The summed E-state index contributed by atoms with van der Waals surface area (Å²) in [6, 6.07) is 4.24. The van der Waals surface area contributed by atoms with Crippen molar-refractivity contribution in [2.45, 2.75) is 85.9 Å². The minimum Gasteiger partial charge on any atom is -0.464 e. The second-order valence-corrected chi connectivity index (χ2v) is 13.5. The van der Waals surface area contributed by atoms with Gasteiger partial charge in [0.05, 0.1) is 22.9 Å².